The molecule has 7 nitrogen and oxygen atoms in total. The highest BCUT2D eigenvalue weighted by molar-refractivity contribution is 5.60. The minimum Gasteiger partial charge on any atom is -0.396 e. The Bertz CT molecular complexity index is 491. The van der Waals surface area contributed by atoms with E-state index in [4.69, 9.17) is 10.8 Å². The molecule has 0 aliphatic carbocycles. The molecule has 1 rings (SSSR count). The minimum absolute atomic E-state index is 0.0111. The highest BCUT2D eigenvalue weighted by atomic mass is 16.3. The lowest BCUT2D eigenvalue weighted by molar-refractivity contribution is 0.282. The summed E-state index contributed by atoms with van der Waals surface area (Å²) >= 11 is 0. The van der Waals surface area contributed by atoms with Crippen molar-refractivity contribution in [1.29, 1.82) is 0 Å². The maximum Gasteiger partial charge on any atom is 0.329 e. The number of rotatable bonds is 5. The molecule has 0 amide bonds. The second-order valence-corrected chi connectivity index (χ2v) is 3.99. The lowest BCUT2D eigenvalue weighted by Gasteiger charge is -2.16. The van der Waals surface area contributed by atoms with Gasteiger partial charge in [-0.2, -0.15) is 0 Å². The smallest absolute Gasteiger partial charge is 0.329 e. The van der Waals surface area contributed by atoms with Crippen molar-refractivity contribution in [3.8, 4) is 0 Å². The average molecular weight is 242 g/mol. The lowest BCUT2D eigenvalue weighted by Crippen LogP contribution is -2.34. The number of aromatic nitrogens is 2. The van der Waals surface area contributed by atoms with Gasteiger partial charge in [-0.3, -0.25) is 14.3 Å². The van der Waals surface area contributed by atoms with Gasteiger partial charge in [0.25, 0.3) is 5.56 Å². The number of nitrogens with one attached hydrogen (secondary N) is 2. The fourth-order valence-electron chi connectivity index (χ4n) is 1.49. The molecule has 0 saturated heterocycles. The molecule has 0 radical (unpaired) electrons. The highest BCUT2D eigenvalue weighted by Crippen LogP contribution is 2.11. The molecule has 0 spiro atoms. The maximum absolute atomic E-state index is 11.6. The molecule has 0 aliphatic rings. The number of hydrogen-bond donors (Lipinski definition) is 4. The van der Waals surface area contributed by atoms with Crippen molar-refractivity contribution in [2.24, 2.45) is 7.05 Å². The van der Waals surface area contributed by atoms with Crippen LogP contribution >= 0.6 is 0 Å². The van der Waals surface area contributed by atoms with Gasteiger partial charge in [0.05, 0.1) is 0 Å². The van der Waals surface area contributed by atoms with Gasteiger partial charge in [0.2, 0.25) is 0 Å². The average Bonchev–Trinajstić information content (AvgIpc) is 2.29. The minimum atomic E-state index is -0.541. The highest BCUT2D eigenvalue weighted by Gasteiger charge is 2.12. The molecule has 0 fully saturated rings. The van der Waals surface area contributed by atoms with E-state index in [1.54, 1.807) is 0 Å². The molecule has 7 heteroatoms. The maximum atomic E-state index is 11.6. The standard InChI is InChI=1S/C10H18N4O3/c1-6(4-3-5-15)12-7-8(11)14(2)10(17)13-9(7)16/h6,12,15H,3-5,11H2,1-2H3,(H,13,16,17). The third kappa shape index (κ3) is 3.10. The summed E-state index contributed by atoms with van der Waals surface area (Å²) in [7, 11) is 1.48. The summed E-state index contributed by atoms with van der Waals surface area (Å²) in [6.45, 7) is 1.98. The number of aliphatic hydroxyl groups is 1. The number of nitrogen functional groups attached to an aromatic ring is 1. The van der Waals surface area contributed by atoms with Gasteiger partial charge < -0.3 is 16.2 Å². The number of anilines is 2. The zero-order valence-electron chi connectivity index (χ0n) is 9.99. The Balaban J connectivity index is 2.95. The zero-order chi connectivity index (χ0) is 13.0. The lowest BCUT2D eigenvalue weighted by atomic mass is 10.2. The van der Waals surface area contributed by atoms with Crippen molar-refractivity contribution < 1.29 is 5.11 Å². The van der Waals surface area contributed by atoms with Crippen LogP contribution in [0, 0.1) is 0 Å². The fourth-order valence-corrected chi connectivity index (χ4v) is 1.49. The Morgan fingerprint density at radius 1 is 1.53 bits per heavy atom. The second-order valence-electron chi connectivity index (χ2n) is 3.99. The van der Waals surface area contributed by atoms with Crippen LogP contribution in [0.15, 0.2) is 9.59 Å². The van der Waals surface area contributed by atoms with E-state index in [1.165, 1.54) is 11.6 Å². The Morgan fingerprint density at radius 2 is 2.18 bits per heavy atom. The molecule has 1 atom stereocenters. The first kappa shape index (κ1) is 13.3. The van der Waals surface area contributed by atoms with Crippen molar-refractivity contribution in [3.63, 3.8) is 0 Å². The van der Waals surface area contributed by atoms with Gasteiger partial charge in [0.1, 0.15) is 11.5 Å². The number of nitrogens with two attached hydrogens (primary N) is 1. The SMILES string of the molecule is CC(CCCO)Nc1c(N)n(C)c(=O)[nH]c1=O. The van der Waals surface area contributed by atoms with Crippen LogP contribution in [-0.2, 0) is 7.05 Å². The molecule has 0 saturated carbocycles. The van der Waals surface area contributed by atoms with Crippen LogP contribution in [0.2, 0.25) is 0 Å². The first-order chi connectivity index (χ1) is 7.97. The van der Waals surface area contributed by atoms with Crippen molar-refractivity contribution >= 4 is 11.5 Å². The summed E-state index contributed by atoms with van der Waals surface area (Å²) in [4.78, 5) is 25.0. The van der Waals surface area contributed by atoms with Gasteiger partial charge >= 0.3 is 5.69 Å². The molecular formula is C10H18N4O3. The summed E-state index contributed by atoms with van der Waals surface area (Å²) < 4.78 is 1.17. The third-order valence-electron chi connectivity index (χ3n) is 2.56. The molecule has 1 aromatic rings. The molecule has 0 aliphatic heterocycles. The normalized spacial score (nSPS) is 12.4. The molecule has 96 valence electrons. The molecule has 5 N–H and O–H groups in total. The van der Waals surface area contributed by atoms with E-state index in [1.807, 2.05) is 6.92 Å². The van der Waals surface area contributed by atoms with Crippen LogP contribution < -0.4 is 22.3 Å². The Labute approximate surface area is 98.3 Å². The van der Waals surface area contributed by atoms with Crippen LogP contribution in [0.4, 0.5) is 11.5 Å². The molecule has 1 unspecified atom stereocenters. The van der Waals surface area contributed by atoms with Gasteiger partial charge in [0, 0.05) is 19.7 Å². The number of aromatic amines is 1. The van der Waals surface area contributed by atoms with Crippen LogP contribution in [-0.4, -0.2) is 27.3 Å². The number of nitrogens with zero attached hydrogens (tertiary/aromatic N) is 1. The summed E-state index contributed by atoms with van der Waals surface area (Å²) in [6.07, 6.45) is 1.34. The Kier molecular flexibility index (Phi) is 4.33. The Hall–Kier alpha value is -1.76. The number of H-pyrrole nitrogens is 1. The molecule has 0 aromatic carbocycles. The second kappa shape index (κ2) is 5.53. The van der Waals surface area contributed by atoms with E-state index in [-0.39, 0.29) is 24.2 Å². The molecule has 17 heavy (non-hydrogen) atoms. The van der Waals surface area contributed by atoms with Crippen molar-refractivity contribution in [2.75, 3.05) is 17.7 Å². The van der Waals surface area contributed by atoms with Crippen LogP contribution in [0.1, 0.15) is 19.8 Å². The summed E-state index contributed by atoms with van der Waals surface area (Å²) in [5.74, 6) is 0.106. The number of hydrogen-bond acceptors (Lipinski definition) is 5. The molecular weight excluding hydrogens is 224 g/mol. The van der Waals surface area contributed by atoms with E-state index in [0.717, 1.165) is 0 Å². The van der Waals surface area contributed by atoms with E-state index in [2.05, 4.69) is 10.3 Å². The van der Waals surface area contributed by atoms with Gasteiger partial charge in [-0.25, -0.2) is 4.79 Å². The summed E-state index contributed by atoms with van der Waals surface area (Å²) in [5, 5.41) is 11.6. The van der Waals surface area contributed by atoms with Gasteiger partial charge in [0.15, 0.2) is 0 Å². The molecule has 1 aromatic heterocycles. The number of aliphatic hydroxyl groups excluding tert-OH is 1. The molecule has 1 heterocycles. The summed E-state index contributed by atoms with van der Waals surface area (Å²) in [6, 6.07) is -0.0111. The van der Waals surface area contributed by atoms with Crippen LogP contribution in [0.25, 0.3) is 0 Å². The zero-order valence-corrected chi connectivity index (χ0v) is 9.99. The van der Waals surface area contributed by atoms with Crippen molar-refractivity contribution in [2.45, 2.75) is 25.8 Å². The fraction of sp³-hybridized carbons (Fsp3) is 0.600. The topological polar surface area (TPSA) is 113 Å². The van der Waals surface area contributed by atoms with Gasteiger partial charge in [-0.15, -0.1) is 0 Å². The van der Waals surface area contributed by atoms with E-state index in [9.17, 15) is 9.59 Å². The predicted molar refractivity (Wildman–Crippen MR) is 66.1 cm³/mol. The van der Waals surface area contributed by atoms with E-state index >= 15 is 0 Å². The predicted octanol–water partition coefficient (Wildman–Crippen LogP) is -0.771. The monoisotopic (exact) mass is 242 g/mol. The van der Waals surface area contributed by atoms with E-state index in [0.29, 0.717) is 12.8 Å². The first-order valence-corrected chi connectivity index (χ1v) is 5.43. The van der Waals surface area contributed by atoms with Crippen molar-refractivity contribution in [1.82, 2.24) is 9.55 Å². The largest absolute Gasteiger partial charge is 0.396 e. The van der Waals surface area contributed by atoms with Crippen LogP contribution in [0.5, 0.6) is 0 Å². The van der Waals surface area contributed by atoms with Gasteiger partial charge in [-0.1, -0.05) is 0 Å². The first-order valence-electron chi connectivity index (χ1n) is 5.43. The quantitative estimate of drug-likeness (QED) is 0.541. The Morgan fingerprint density at radius 3 is 2.76 bits per heavy atom. The van der Waals surface area contributed by atoms with Gasteiger partial charge in [-0.05, 0) is 19.8 Å². The third-order valence-corrected chi connectivity index (χ3v) is 2.56. The summed E-state index contributed by atoms with van der Waals surface area (Å²) in [5.41, 5.74) is 4.82. The molecule has 0 bridgehead atoms. The van der Waals surface area contributed by atoms with Crippen molar-refractivity contribution in [3.05, 3.63) is 20.8 Å². The van der Waals surface area contributed by atoms with E-state index < -0.39 is 11.2 Å². The van der Waals surface area contributed by atoms with Crippen LogP contribution in [0.3, 0.4) is 0 Å².